The molecule has 5 heteroatoms. The number of amidine groups is 1. The molecule has 0 aromatic heterocycles. The van der Waals surface area contributed by atoms with Crippen molar-refractivity contribution in [3.05, 3.63) is 94.5 Å². The average Bonchev–Trinajstić information content (AvgIpc) is 2.66. The van der Waals surface area contributed by atoms with Gasteiger partial charge in [-0.25, -0.2) is 4.79 Å². The first-order chi connectivity index (χ1) is 12.1. The summed E-state index contributed by atoms with van der Waals surface area (Å²) in [5, 5.41) is 3.72. The lowest BCUT2D eigenvalue weighted by Crippen LogP contribution is -2.15. The summed E-state index contributed by atoms with van der Waals surface area (Å²) in [5.41, 5.74) is 9.02. The molecule has 3 rings (SSSR count). The molecule has 3 aromatic rings. The van der Waals surface area contributed by atoms with Gasteiger partial charge in [-0.1, -0.05) is 75.7 Å². The van der Waals surface area contributed by atoms with Gasteiger partial charge in [0.1, 0.15) is 0 Å². The summed E-state index contributed by atoms with van der Waals surface area (Å²) in [7, 11) is 0. The first kappa shape index (κ1) is 16.9. The van der Waals surface area contributed by atoms with Gasteiger partial charge in [-0.2, -0.15) is 0 Å². The van der Waals surface area contributed by atoms with E-state index in [0.29, 0.717) is 11.1 Å². The maximum absolute atomic E-state index is 12.1. The molecule has 0 amide bonds. The number of halogens is 1. The number of hydrogen-bond donors (Lipinski definition) is 1. The molecule has 2 N–H and O–H groups in total. The van der Waals surface area contributed by atoms with Crippen molar-refractivity contribution in [2.45, 2.75) is 0 Å². The van der Waals surface area contributed by atoms with E-state index < -0.39 is 5.97 Å². The van der Waals surface area contributed by atoms with E-state index in [2.05, 4.69) is 21.1 Å². The van der Waals surface area contributed by atoms with Gasteiger partial charge in [0.05, 0.1) is 5.56 Å². The minimum atomic E-state index is -0.558. The Balaban J connectivity index is 1.70. The summed E-state index contributed by atoms with van der Waals surface area (Å²) in [4.78, 5) is 17.0. The van der Waals surface area contributed by atoms with Crippen molar-refractivity contribution in [1.82, 2.24) is 0 Å². The second-order valence-corrected chi connectivity index (χ2v) is 6.22. The molecule has 25 heavy (non-hydrogen) atoms. The predicted octanol–water partition coefficient (Wildman–Crippen LogP) is 4.59. The number of oxime groups is 1. The van der Waals surface area contributed by atoms with Crippen molar-refractivity contribution < 1.29 is 9.63 Å². The van der Waals surface area contributed by atoms with E-state index in [4.69, 9.17) is 10.6 Å². The number of hydrogen-bond acceptors (Lipinski definition) is 3. The summed E-state index contributed by atoms with van der Waals surface area (Å²) < 4.78 is 0.867. The second-order valence-electron chi connectivity index (χ2n) is 5.31. The fourth-order valence-corrected chi connectivity index (χ4v) is 2.67. The Hall–Kier alpha value is -2.92. The standard InChI is InChI=1S/C20H15BrN2O2/c21-18-8-4-7-17(13-18)19(22)23-25-20(24)16-11-9-15(10-12-16)14-5-2-1-3-6-14/h1-13H,(H2,22,23). The van der Waals surface area contributed by atoms with E-state index in [1.54, 1.807) is 24.3 Å². The Morgan fingerprint density at radius 1 is 0.840 bits per heavy atom. The van der Waals surface area contributed by atoms with Crippen LogP contribution in [0.5, 0.6) is 0 Å². The van der Waals surface area contributed by atoms with Gasteiger partial charge >= 0.3 is 5.97 Å². The van der Waals surface area contributed by atoms with Gasteiger partial charge in [-0.3, -0.25) is 0 Å². The second kappa shape index (κ2) is 7.77. The highest BCUT2D eigenvalue weighted by Gasteiger charge is 2.09. The van der Waals surface area contributed by atoms with E-state index in [0.717, 1.165) is 15.6 Å². The molecule has 0 bridgehead atoms. The van der Waals surface area contributed by atoms with Gasteiger partial charge in [0, 0.05) is 10.0 Å². The summed E-state index contributed by atoms with van der Waals surface area (Å²) in [6.07, 6.45) is 0. The maximum atomic E-state index is 12.1. The van der Waals surface area contributed by atoms with Crippen molar-refractivity contribution >= 4 is 27.7 Å². The lowest BCUT2D eigenvalue weighted by atomic mass is 10.0. The Bertz CT molecular complexity index is 906. The predicted molar refractivity (Wildman–Crippen MR) is 102 cm³/mol. The number of nitrogens with zero attached hydrogens (tertiary/aromatic N) is 1. The molecule has 0 saturated heterocycles. The third kappa shape index (κ3) is 4.33. The first-order valence-corrected chi connectivity index (χ1v) is 8.39. The van der Waals surface area contributed by atoms with Crippen LogP contribution >= 0.6 is 15.9 Å². The van der Waals surface area contributed by atoms with Gasteiger partial charge < -0.3 is 10.6 Å². The normalized spacial score (nSPS) is 11.2. The van der Waals surface area contributed by atoms with Crippen LogP contribution in [-0.4, -0.2) is 11.8 Å². The van der Waals surface area contributed by atoms with Gasteiger partial charge in [-0.05, 0) is 35.4 Å². The zero-order chi connectivity index (χ0) is 17.6. The molecule has 0 saturated carbocycles. The van der Waals surface area contributed by atoms with Crippen LogP contribution in [-0.2, 0) is 4.84 Å². The minimum absolute atomic E-state index is 0.135. The lowest BCUT2D eigenvalue weighted by molar-refractivity contribution is 0.0516. The van der Waals surface area contributed by atoms with Gasteiger partial charge in [0.25, 0.3) is 0 Å². The monoisotopic (exact) mass is 394 g/mol. The molecule has 0 fully saturated rings. The molecule has 0 atom stereocenters. The smallest absolute Gasteiger partial charge is 0.365 e. The molecule has 0 aliphatic rings. The van der Waals surface area contributed by atoms with E-state index in [1.165, 1.54) is 0 Å². The largest absolute Gasteiger partial charge is 0.380 e. The fourth-order valence-electron chi connectivity index (χ4n) is 2.27. The molecular weight excluding hydrogens is 380 g/mol. The first-order valence-electron chi connectivity index (χ1n) is 7.60. The zero-order valence-electron chi connectivity index (χ0n) is 13.2. The van der Waals surface area contributed by atoms with Crippen molar-refractivity contribution in [2.75, 3.05) is 0 Å². The third-order valence-electron chi connectivity index (χ3n) is 3.58. The van der Waals surface area contributed by atoms with Crippen LogP contribution in [0.25, 0.3) is 11.1 Å². The maximum Gasteiger partial charge on any atom is 0.365 e. The topological polar surface area (TPSA) is 64.7 Å². The zero-order valence-corrected chi connectivity index (χ0v) is 14.8. The van der Waals surface area contributed by atoms with E-state index in [-0.39, 0.29) is 5.84 Å². The number of carbonyl (C=O) groups is 1. The van der Waals surface area contributed by atoms with Gasteiger partial charge in [-0.15, -0.1) is 0 Å². The van der Waals surface area contributed by atoms with Crippen molar-refractivity contribution in [2.24, 2.45) is 10.9 Å². The molecular formula is C20H15BrN2O2. The quantitative estimate of drug-likeness (QED) is 0.304. The Morgan fingerprint density at radius 2 is 1.52 bits per heavy atom. The average molecular weight is 395 g/mol. The van der Waals surface area contributed by atoms with Gasteiger partial charge in [0.15, 0.2) is 5.84 Å². The number of nitrogens with two attached hydrogens (primary N) is 1. The van der Waals surface area contributed by atoms with Crippen LogP contribution in [0, 0.1) is 0 Å². The molecule has 0 spiro atoms. The van der Waals surface area contributed by atoms with E-state index in [9.17, 15) is 4.79 Å². The van der Waals surface area contributed by atoms with Crippen LogP contribution < -0.4 is 5.73 Å². The highest BCUT2D eigenvalue weighted by molar-refractivity contribution is 9.10. The molecule has 4 nitrogen and oxygen atoms in total. The fraction of sp³-hybridized carbons (Fsp3) is 0. The molecule has 0 heterocycles. The highest BCUT2D eigenvalue weighted by atomic mass is 79.9. The number of benzene rings is 3. The van der Waals surface area contributed by atoms with Gasteiger partial charge in [0.2, 0.25) is 0 Å². The van der Waals surface area contributed by atoms with Crippen molar-refractivity contribution in [3.63, 3.8) is 0 Å². The minimum Gasteiger partial charge on any atom is -0.380 e. The summed E-state index contributed by atoms with van der Waals surface area (Å²) in [6, 6.07) is 24.3. The lowest BCUT2D eigenvalue weighted by Gasteiger charge is -2.04. The summed E-state index contributed by atoms with van der Waals surface area (Å²) in [6.45, 7) is 0. The van der Waals surface area contributed by atoms with Crippen LogP contribution in [0.4, 0.5) is 0 Å². The summed E-state index contributed by atoms with van der Waals surface area (Å²) in [5.74, 6) is -0.423. The molecule has 124 valence electrons. The van der Waals surface area contributed by atoms with E-state index in [1.807, 2.05) is 54.6 Å². The summed E-state index contributed by atoms with van der Waals surface area (Å²) >= 11 is 3.35. The van der Waals surface area contributed by atoms with Crippen LogP contribution in [0.15, 0.2) is 88.5 Å². The molecule has 0 aliphatic heterocycles. The van der Waals surface area contributed by atoms with Crippen LogP contribution in [0.1, 0.15) is 15.9 Å². The molecule has 0 unspecified atom stereocenters. The molecule has 0 aliphatic carbocycles. The van der Waals surface area contributed by atoms with Crippen molar-refractivity contribution in [3.8, 4) is 11.1 Å². The van der Waals surface area contributed by atoms with Crippen molar-refractivity contribution in [1.29, 1.82) is 0 Å². The highest BCUT2D eigenvalue weighted by Crippen LogP contribution is 2.19. The Kier molecular flexibility index (Phi) is 5.26. The van der Waals surface area contributed by atoms with E-state index >= 15 is 0 Å². The molecule has 0 radical (unpaired) electrons. The number of rotatable bonds is 4. The number of carbonyl (C=O) groups excluding carboxylic acids is 1. The third-order valence-corrected chi connectivity index (χ3v) is 4.07. The Morgan fingerprint density at radius 3 is 2.20 bits per heavy atom. The SMILES string of the molecule is NC(=NOC(=O)c1ccc(-c2ccccc2)cc1)c1cccc(Br)c1. The van der Waals surface area contributed by atoms with Crippen LogP contribution in [0.3, 0.4) is 0 Å². The Labute approximate surface area is 154 Å². The van der Waals surface area contributed by atoms with Crippen LogP contribution in [0.2, 0.25) is 0 Å². The molecule has 3 aromatic carbocycles.